The topological polar surface area (TPSA) is 67.8 Å². The Kier molecular flexibility index (Phi) is 4.25. The summed E-state index contributed by atoms with van der Waals surface area (Å²) in [4.78, 5) is 25.8. The number of hydrogen-bond acceptors (Lipinski definition) is 5. The molecule has 1 N–H and O–H groups in total. The van der Waals surface area contributed by atoms with E-state index in [1.165, 1.54) is 17.5 Å². The van der Waals surface area contributed by atoms with Crippen LogP contribution in [0.3, 0.4) is 0 Å². The minimum Gasteiger partial charge on any atom is -0.321 e. The Labute approximate surface area is 155 Å². The number of nitrogens with zero attached hydrogens (tertiary/aromatic N) is 3. The van der Waals surface area contributed by atoms with Crippen molar-refractivity contribution in [2.45, 2.75) is 0 Å². The van der Waals surface area contributed by atoms with Gasteiger partial charge in [-0.05, 0) is 30.3 Å². The van der Waals surface area contributed by atoms with Crippen molar-refractivity contribution in [3.05, 3.63) is 71.1 Å². The Morgan fingerprint density at radius 2 is 1.88 bits per heavy atom. The van der Waals surface area contributed by atoms with Gasteiger partial charge in [-0.3, -0.25) is 4.79 Å². The first-order valence-corrected chi connectivity index (χ1v) is 9.05. The van der Waals surface area contributed by atoms with Crippen molar-refractivity contribution >= 4 is 49.1 Å². The molecule has 0 atom stereocenters. The zero-order valence-electron chi connectivity index (χ0n) is 12.8. The molecule has 25 heavy (non-hydrogen) atoms. The molecular formula is C18H11BrN4OS. The molecule has 2 heterocycles. The number of aromatic nitrogens is 3. The number of benzene rings is 2. The summed E-state index contributed by atoms with van der Waals surface area (Å²) in [6.07, 6.45) is 3.07. The predicted molar refractivity (Wildman–Crippen MR) is 103 cm³/mol. The second-order valence-corrected chi connectivity index (χ2v) is 7.15. The van der Waals surface area contributed by atoms with E-state index in [9.17, 15) is 4.79 Å². The quantitative estimate of drug-likeness (QED) is 0.528. The molecule has 0 spiro atoms. The van der Waals surface area contributed by atoms with Crippen molar-refractivity contribution in [1.29, 1.82) is 0 Å². The van der Waals surface area contributed by atoms with Crippen molar-refractivity contribution in [2.24, 2.45) is 0 Å². The van der Waals surface area contributed by atoms with E-state index >= 15 is 0 Å². The van der Waals surface area contributed by atoms with Crippen molar-refractivity contribution in [2.75, 3.05) is 5.32 Å². The summed E-state index contributed by atoms with van der Waals surface area (Å²) in [5.41, 5.74) is 2.30. The molecule has 7 heteroatoms. The maximum atomic E-state index is 12.7. The zero-order chi connectivity index (χ0) is 17.2. The minimum atomic E-state index is -0.319. The average molecular weight is 411 g/mol. The molecule has 4 rings (SSSR count). The van der Waals surface area contributed by atoms with Gasteiger partial charge in [0.05, 0.1) is 10.2 Å². The SMILES string of the molecule is O=C(Nc1cccc(Br)c1)c1nccnc1-c1nc2ccccc2s1. The lowest BCUT2D eigenvalue weighted by Gasteiger charge is -2.07. The van der Waals surface area contributed by atoms with E-state index in [1.807, 2.05) is 48.5 Å². The molecular weight excluding hydrogens is 400 g/mol. The molecule has 5 nitrogen and oxygen atoms in total. The molecule has 0 aliphatic rings. The number of anilines is 1. The van der Waals surface area contributed by atoms with Crippen LogP contribution in [0, 0.1) is 0 Å². The lowest BCUT2D eigenvalue weighted by molar-refractivity contribution is 0.102. The van der Waals surface area contributed by atoms with Crippen LogP contribution in [0.5, 0.6) is 0 Å². The fourth-order valence-electron chi connectivity index (χ4n) is 2.39. The van der Waals surface area contributed by atoms with Crippen LogP contribution in [0.25, 0.3) is 20.9 Å². The van der Waals surface area contributed by atoms with Crippen LogP contribution in [0.4, 0.5) is 5.69 Å². The highest BCUT2D eigenvalue weighted by atomic mass is 79.9. The van der Waals surface area contributed by atoms with E-state index in [-0.39, 0.29) is 11.6 Å². The van der Waals surface area contributed by atoms with Crippen LogP contribution in [0.2, 0.25) is 0 Å². The summed E-state index contributed by atoms with van der Waals surface area (Å²) < 4.78 is 1.93. The zero-order valence-corrected chi connectivity index (χ0v) is 15.2. The third-order valence-corrected chi connectivity index (χ3v) is 5.03. The Balaban J connectivity index is 1.72. The molecule has 0 fully saturated rings. The summed E-state index contributed by atoms with van der Waals surface area (Å²) in [5.74, 6) is -0.319. The van der Waals surface area contributed by atoms with Crippen LogP contribution in [0.1, 0.15) is 10.5 Å². The predicted octanol–water partition coefficient (Wildman–Crippen LogP) is 4.77. The molecule has 2 aromatic carbocycles. The smallest absolute Gasteiger partial charge is 0.276 e. The van der Waals surface area contributed by atoms with Crippen LogP contribution in [-0.2, 0) is 0 Å². The second kappa shape index (κ2) is 6.70. The van der Waals surface area contributed by atoms with Crippen molar-refractivity contribution in [3.8, 4) is 10.7 Å². The van der Waals surface area contributed by atoms with Gasteiger partial charge in [0, 0.05) is 22.6 Å². The Morgan fingerprint density at radius 1 is 1.04 bits per heavy atom. The maximum absolute atomic E-state index is 12.7. The fraction of sp³-hybridized carbons (Fsp3) is 0. The molecule has 0 aliphatic carbocycles. The maximum Gasteiger partial charge on any atom is 0.276 e. The van der Waals surface area contributed by atoms with Crippen molar-refractivity contribution < 1.29 is 4.79 Å². The van der Waals surface area contributed by atoms with Crippen molar-refractivity contribution in [3.63, 3.8) is 0 Å². The van der Waals surface area contributed by atoms with Crippen LogP contribution < -0.4 is 5.32 Å². The first-order valence-electron chi connectivity index (χ1n) is 7.44. The number of carbonyl (C=O) groups is 1. The molecule has 0 aliphatic heterocycles. The van der Waals surface area contributed by atoms with E-state index in [1.54, 1.807) is 6.20 Å². The highest BCUT2D eigenvalue weighted by molar-refractivity contribution is 9.10. The van der Waals surface area contributed by atoms with Crippen LogP contribution in [-0.4, -0.2) is 20.9 Å². The van der Waals surface area contributed by atoms with Gasteiger partial charge < -0.3 is 5.32 Å². The number of hydrogen-bond donors (Lipinski definition) is 1. The summed E-state index contributed by atoms with van der Waals surface area (Å²) in [6, 6.07) is 15.2. The Morgan fingerprint density at radius 3 is 2.72 bits per heavy atom. The van der Waals surface area contributed by atoms with Gasteiger partial charge in [-0.25, -0.2) is 15.0 Å². The second-order valence-electron chi connectivity index (χ2n) is 5.20. The van der Waals surface area contributed by atoms with E-state index < -0.39 is 0 Å². The minimum absolute atomic E-state index is 0.251. The molecule has 4 aromatic rings. The lowest BCUT2D eigenvalue weighted by Crippen LogP contribution is -2.15. The Bertz CT molecular complexity index is 1050. The van der Waals surface area contributed by atoms with Gasteiger partial charge in [0.25, 0.3) is 5.91 Å². The monoisotopic (exact) mass is 410 g/mol. The fourth-order valence-corrected chi connectivity index (χ4v) is 3.75. The van der Waals surface area contributed by atoms with Crippen molar-refractivity contribution in [1.82, 2.24) is 15.0 Å². The summed E-state index contributed by atoms with van der Waals surface area (Å²) in [7, 11) is 0. The summed E-state index contributed by atoms with van der Waals surface area (Å²) in [6.45, 7) is 0. The van der Waals surface area contributed by atoms with Gasteiger partial charge in [0.2, 0.25) is 0 Å². The normalized spacial score (nSPS) is 10.8. The average Bonchev–Trinajstić information content (AvgIpc) is 3.06. The molecule has 2 aromatic heterocycles. The van der Waals surface area contributed by atoms with Gasteiger partial charge in [-0.1, -0.05) is 34.1 Å². The van der Waals surface area contributed by atoms with E-state index in [4.69, 9.17) is 0 Å². The van der Waals surface area contributed by atoms with Crippen LogP contribution in [0.15, 0.2) is 65.4 Å². The number of thiazole rings is 1. The number of rotatable bonds is 3. The third-order valence-electron chi connectivity index (χ3n) is 3.49. The highest BCUT2D eigenvalue weighted by Crippen LogP contribution is 2.30. The standard InChI is InChI=1S/C18H11BrN4OS/c19-11-4-3-5-12(10-11)22-17(24)15-16(21-9-8-20-15)18-23-13-6-1-2-7-14(13)25-18/h1-10H,(H,22,24). The van der Waals surface area contributed by atoms with Crippen LogP contribution >= 0.6 is 27.3 Å². The molecule has 0 saturated heterocycles. The summed E-state index contributed by atoms with van der Waals surface area (Å²) >= 11 is 4.88. The molecule has 0 radical (unpaired) electrons. The molecule has 0 unspecified atom stereocenters. The summed E-state index contributed by atoms with van der Waals surface area (Å²) in [5, 5.41) is 3.52. The number of amides is 1. The largest absolute Gasteiger partial charge is 0.321 e. The van der Waals surface area contributed by atoms with Gasteiger partial charge in [-0.2, -0.15) is 0 Å². The Hall–Kier alpha value is -2.64. The molecule has 0 saturated carbocycles. The molecule has 122 valence electrons. The van der Waals surface area contributed by atoms with E-state index in [0.29, 0.717) is 16.4 Å². The number of carbonyl (C=O) groups excluding carboxylic acids is 1. The first kappa shape index (κ1) is 15.9. The van der Waals surface area contributed by atoms with E-state index in [0.717, 1.165) is 14.7 Å². The highest BCUT2D eigenvalue weighted by Gasteiger charge is 2.19. The molecule has 1 amide bonds. The molecule has 0 bridgehead atoms. The van der Waals surface area contributed by atoms with Gasteiger partial charge in [0.15, 0.2) is 5.69 Å². The number of para-hydroxylation sites is 1. The third kappa shape index (κ3) is 3.29. The van der Waals surface area contributed by atoms with Gasteiger partial charge in [0.1, 0.15) is 10.7 Å². The number of halogens is 1. The first-order chi connectivity index (χ1) is 12.2. The lowest BCUT2D eigenvalue weighted by atomic mass is 10.2. The van der Waals surface area contributed by atoms with Gasteiger partial charge in [-0.15, -0.1) is 11.3 Å². The number of nitrogens with one attached hydrogen (secondary N) is 1. The van der Waals surface area contributed by atoms with Gasteiger partial charge >= 0.3 is 0 Å². The number of fused-ring (bicyclic) bond motifs is 1. The van der Waals surface area contributed by atoms with E-state index in [2.05, 4.69) is 36.2 Å².